The highest BCUT2D eigenvalue weighted by molar-refractivity contribution is 4.38. The van der Waals surface area contributed by atoms with Crippen LogP contribution < -0.4 is 0 Å². The lowest BCUT2D eigenvalue weighted by Gasteiger charge is -2.07. The zero-order chi connectivity index (χ0) is 14.0. The molecule has 0 fully saturated rings. The van der Waals surface area contributed by atoms with Crippen LogP contribution in [0.3, 0.4) is 0 Å². The van der Waals surface area contributed by atoms with Gasteiger partial charge >= 0.3 is 0 Å². The molecular weight excluding hydrogens is 248 g/mol. The second kappa shape index (κ2) is 17.8. The van der Waals surface area contributed by atoms with E-state index in [0.717, 1.165) is 13.0 Å². The number of unbranched alkanes of at least 4 members (excludes halogenated alkanes) is 2. The second-order valence-corrected chi connectivity index (χ2v) is 4.15. The average Bonchev–Trinajstić information content (AvgIpc) is 2.43. The van der Waals surface area contributed by atoms with Gasteiger partial charge in [0.05, 0.1) is 52.9 Å². The highest BCUT2D eigenvalue weighted by Crippen LogP contribution is 1.93. The molecule has 0 heterocycles. The summed E-state index contributed by atoms with van der Waals surface area (Å²) in [4.78, 5) is 0. The highest BCUT2D eigenvalue weighted by Gasteiger charge is 1.92. The van der Waals surface area contributed by atoms with Crippen molar-refractivity contribution >= 4 is 0 Å². The minimum Gasteiger partial charge on any atom is -0.382 e. The van der Waals surface area contributed by atoms with Crippen molar-refractivity contribution < 1.29 is 23.7 Å². The van der Waals surface area contributed by atoms with Crippen molar-refractivity contribution in [3.05, 3.63) is 0 Å². The van der Waals surface area contributed by atoms with Crippen LogP contribution in [0, 0.1) is 0 Å². The van der Waals surface area contributed by atoms with Crippen LogP contribution in [0.25, 0.3) is 0 Å². The van der Waals surface area contributed by atoms with Gasteiger partial charge in [-0.15, -0.1) is 0 Å². The van der Waals surface area contributed by atoms with E-state index in [2.05, 4.69) is 6.92 Å². The smallest absolute Gasteiger partial charge is 0.0701 e. The Morgan fingerprint density at radius 2 is 0.947 bits per heavy atom. The van der Waals surface area contributed by atoms with Gasteiger partial charge in [-0.2, -0.15) is 0 Å². The molecule has 0 aliphatic heterocycles. The van der Waals surface area contributed by atoms with Crippen LogP contribution in [0.15, 0.2) is 0 Å². The summed E-state index contributed by atoms with van der Waals surface area (Å²) < 4.78 is 26.2. The Morgan fingerprint density at radius 3 is 1.37 bits per heavy atom. The molecule has 5 heteroatoms. The first kappa shape index (κ1) is 18.8. The van der Waals surface area contributed by atoms with E-state index in [4.69, 9.17) is 23.7 Å². The largest absolute Gasteiger partial charge is 0.382 e. The number of ether oxygens (including phenoxy) is 5. The van der Waals surface area contributed by atoms with E-state index < -0.39 is 0 Å². The van der Waals surface area contributed by atoms with E-state index in [1.807, 2.05) is 0 Å². The van der Waals surface area contributed by atoms with Crippen molar-refractivity contribution in [2.24, 2.45) is 0 Å². The maximum absolute atomic E-state index is 5.42. The average molecular weight is 278 g/mol. The molecule has 0 N–H and O–H groups in total. The van der Waals surface area contributed by atoms with Crippen molar-refractivity contribution in [3.63, 3.8) is 0 Å². The van der Waals surface area contributed by atoms with Gasteiger partial charge < -0.3 is 23.7 Å². The van der Waals surface area contributed by atoms with E-state index in [0.29, 0.717) is 52.9 Å². The van der Waals surface area contributed by atoms with Crippen LogP contribution >= 0.6 is 0 Å². The van der Waals surface area contributed by atoms with Gasteiger partial charge in [0, 0.05) is 13.7 Å². The third-order valence-electron chi connectivity index (χ3n) is 2.44. The molecule has 0 aromatic heterocycles. The van der Waals surface area contributed by atoms with E-state index in [-0.39, 0.29) is 0 Å². The molecule has 0 spiro atoms. The molecule has 0 unspecified atom stereocenters. The maximum atomic E-state index is 5.42. The van der Waals surface area contributed by atoms with Crippen LogP contribution in [-0.4, -0.2) is 66.6 Å². The van der Waals surface area contributed by atoms with Crippen molar-refractivity contribution in [3.8, 4) is 0 Å². The van der Waals surface area contributed by atoms with Gasteiger partial charge in [-0.25, -0.2) is 0 Å². The summed E-state index contributed by atoms with van der Waals surface area (Å²) in [6, 6.07) is 0. The molecule has 0 aliphatic carbocycles. The summed E-state index contributed by atoms with van der Waals surface area (Å²) in [6.07, 6.45) is 3.61. The van der Waals surface area contributed by atoms with Crippen LogP contribution in [0.4, 0.5) is 0 Å². The summed E-state index contributed by atoms with van der Waals surface area (Å²) in [6.45, 7) is 7.99. The summed E-state index contributed by atoms with van der Waals surface area (Å²) in [7, 11) is 1.66. The Labute approximate surface area is 117 Å². The molecule has 0 aliphatic rings. The first-order valence-electron chi connectivity index (χ1n) is 7.21. The maximum Gasteiger partial charge on any atom is 0.0701 e. The quantitative estimate of drug-likeness (QED) is 0.403. The van der Waals surface area contributed by atoms with Crippen LogP contribution in [-0.2, 0) is 23.7 Å². The Balaban J connectivity index is 2.88. The first-order valence-corrected chi connectivity index (χ1v) is 7.21. The van der Waals surface area contributed by atoms with Crippen molar-refractivity contribution in [1.29, 1.82) is 0 Å². The lowest BCUT2D eigenvalue weighted by atomic mass is 10.3. The number of hydrogen-bond acceptors (Lipinski definition) is 5. The van der Waals surface area contributed by atoms with Gasteiger partial charge in [0.2, 0.25) is 0 Å². The van der Waals surface area contributed by atoms with Gasteiger partial charge in [0.1, 0.15) is 0 Å². The predicted octanol–water partition coefficient (Wildman–Crippen LogP) is 1.89. The third kappa shape index (κ3) is 17.8. The molecule has 5 nitrogen and oxygen atoms in total. The van der Waals surface area contributed by atoms with Crippen LogP contribution in [0.5, 0.6) is 0 Å². The molecule has 0 aromatic carbocycles. The monoisotopic (exact) mass is 278 g/mol. The van der Waals surface area contributed by atoms with Gasteiger partial charge in [-0.05, 0) is 6.42 Å². The lowest BCUT2D eigenvalue weighted by Crippen LogP contribution is -2.13. The molecule has 0 rings (SSSR count). The lowest BCUT2D eigenvalue weighted by molar-refractivity contribution is -0.00799. The molecule has 0 atom stereocenters. The van der Waals surface area contributed by atoms with Crippen molar-refractivity contribution in [2.45, 2.75) is 26.2 Å². The highest BCUT2D eigenvalue weighted by atomic mass is 16.6. The van der Waals surface area contributed by atoms with Gasteiger partial charge in [0.25, 0.3) is 0 Å². The molecule has 0 bridgehead atoms. The summed E-state index contributed by atoms with van der Waals surface area (Å²) in [5, 5.41) is 0. The SMILES string of the molecule is CCCCCOCCOCCOCCOCCOC. The van der Waals surface area contributed by atoms with Crippen LogP contribution in [0.1, 0.15) is 26.2 Å². The van der Waals surface area contributed by atoms with Gasteiger partial charge in [0.15, 0.2) is 0 Å². The fraction of sp³-hybridized carbons (Fsp3) is 1.00. The molecular formula is C14H30O5. The molecule has 0 aromatic rings. The summed E-state index contributed by atoms with van der Waals surface area (Å²) in [5.41, 5.74) is 0. The summed E-state index contributed by atoms with van der Waals surface area (Å²) >= 11 is 0. The van der Waals surface area contributed by atoms with Gasteiger partial charge in [-0.1, -0.05) is 19.8 Å². The molecule has 0 saturated carbocycles. The molecule has 0 saturated heterocycles. The molecule has 19 heavy (non-hydrogen) atoms. The Bertz CT molecular complexity index is 139. The second-order valence-electron chi connectivity index (χ2n) is 4.15. The van der Waals surface area contributed by atoms with Crippen molar-refractivity contribution in [2.75, 3.05) is 66.6 Å². The van der Waals surface area contributed by atoms with Gasteiger partial charge in [-0.3, -0.25) is 0 Å². The topological polar surface area (TPSA) is 46.2 Å². The predicted molar refractivity (Wildman–Crippen MR) is 74.7 cm³/mol. The minimum atomic E-state index is 0.598. The molecule has 0 amide bonds. The fourth-order valence-corrected chi connectivity index (χ4v) is 1.36. The molecule has 116 valence electrons. The Morgan fingerprint density at radius 1 is 0.526 bits per heavy atom. The Hall–Kier alpha value is -0.200. The number of hydrogen-bond donors (Lipinski definition) is 0. The zero-order valence-corrected chi connectivity index (χ0v) is 12.5. The Kier molecular flexibility index (Phi) is 17.6. The van der Waals surface area contributed by atoms with E-state index >= 15 is 0 Å². The standard InChI is InChI=1S/C14H30O5/c1-3-4-5-6-16-9-10-18-13-14-19-12-11-17-8-7-15-2/h3-14H2,1-2H3. The molecule has 0 radical (unpaired) electrons. The van der Waals surface area contributed by atoms with Crippen molar-refractivity contribution in [1.82, 2.24) is 0 Å². The van der Waals surface area contributed by atoms with Crippen LogP contribution in [0.2, 0.25) is 0 Å². The first-order chi connectivity index (χ1) is 9.41. The zero-order valence-electron chi connectivity index (χ0n) is 12.5. The van der Waals surface area contributed by atoms with E-state index in [1.54, 1.807) is 7.11 Å². The number of methoxy groups -OCH3 is 1. The minimum absolute atomic E-state index is 0.598. The summed E-state index contributed by atoms with van der Waals surface area (Å²) in [5.74, 6) is 0. The van der Waals surface area contributed by atoms with E-state index in [9.17, 15) is 0 Å². The third-order valence-corrected chi connectivity index (χ3v) is 2.44. The number of rotatable bonds is 16. The normalized spacial score (nSPS) is 11.1. The fourth-order valence-electron chi connectivity index (χ4n) is 1.36. The van der Waals surface area contributed by atoms with E-state index in [1.165, 1.54) is 12.8 Å².